The molecule has 96 valence electrons. The Bertz CT molecular complexity index is 736. The lowest BCUT2D eigenvalue weighted by Crippen LogP contribution is -1.94. The van der Waals surface area contributed by atoms with Crippen LogP contribution in [0, 0.1) is 5.82 Å². The Balaban J connectivity index is 2.13. The summed E-state index contributed by atoms with van der Waals surface area (Å²) in [7, 11) is 0. The maximum atomic E-state index is 13.4. The van der Waals surface area contributed by atoms with Gasteiger partial charge in [0.25, 0.3) is 0 Å². The molecule has 3 aromatic rings. The number of alkyl halides is 1. The molecule has 0 spiro atoms. The second kappa shape index (κ2) is 5.35. The molecule has 2 aromatic carbocycles. The topological polar surface area (TPSA) is 0 Å². The highest BCUT2D eigenvalue weighted by molar-refractivity contribution is 9.11. The Hall–Kier alpha value is -0.710. The van der Waals surface area contributed by atoms with E-state index in [0.717, 1.165) is 10.0 Å². The molecule has 0 nitrogen and oxygen atoms in total. The van der Waals surface area contributed by atoms with Crippen molar-refractivity contribution in [2.75, 3.05) is 0 Å². The van der Waals surface area contributed by atoms with Crippen molar-refractivity contribution in [3.8, 4) is 0 Å². The van der Waals surface area contributed by atoms with Crippen LogP contribution in [-0.4, -0.2) is 0 Å². The first-order chi connectivity index (χ1) is 9.16. The zero-order chi connectivity index (χ0) is 13.4. The van der Waals surface area contributed by atoms with E-state index in [2.05, 4.69) is 49.4 Å². The molecule has 1 aromatic heterocycles. The Labute approximate surface area is 131 Å². The van der Waals surface area contributed by atoms with E-state index in [1.807, 2.05) is 12.1 Å². The van der Waals surface area contributed by atoms with Crippen molar-refractivity contribution in [3.05, 3.63) is 69.3 Å². The molecule has 0 aliphatic carbocycles. The summed E-state index contributed by atoms with van der Waals surface area (Å²) in [6.45, 7) is 0. The second-order valence-corrected chi connectivity index (χ2v) is 6.90. The van der Waals surface area contributed by atoms with E-state index in [1.165, 1.54) is 21.7 Å². The molecule has 1 heterocycles. The quantitative estimate of drug-likeness (QED) is 0.444. The van der Waals surface area contributed by atoms with Gasteiger partial charge in [-0.2, -0.15) is 0 Å². The number of thiophene rings is 1. The highest BCUT2D eigenvalue weighted by Gasteiger charge is 2.17. The lowest BCUT2D eigenvalue weighted by Gasteiger charge is -2.12. The van der Waals surface area contributed by atoms with Gasteiger partial charge >= 0.3 is 0 Å². The number of rotatable bonds is 2. The maximum absolute atomic E-state index is 13.4. The molecule has 0 fully saturated rings. The van der Waals surface area contributed by atoms with Gasteiger partial charge in [-0.1, -0.05) is 50.1 Å². The Kier molecular flexibility index (Phi) is 3.74. The Morgan fingerprint density at radius 3 is 2.68 bits per heavy atom. The maximum Gasteiger partial charge on any atom is 0.123 e. The van der Waals surface area contributed by atoms with Crippen LogP contribution in [0.4, 0.5) is 4.39 Å². The fourth-order valence-electron chi connectivity index (χ4n) is 2.07. The third-order valence-electron chi connectivity index (χ3n) is 3.02. The van der Waals surface area contributed by atoms with Crippen LogP contribution in [0.5, 0.6) is 0 Å². The summed E-state index contributed by atoms with van der Waals surface area (Å²) in [6.07, 6.45) is 0. The third-order valence-corrected chi connectivity index (χ3v) is 5.71. The van der Waals surface area contributed by atoms with Crippen LogP contribution < -0.4 is 0 Å². The summed E-state index contributed by atoms with van der Waals surface area (Å²) in [4.78, 5) is -0.0197. The van der Waals surface area contributed by atoms with E-state index < -0.39 is 0 Å². The smallest absolute Gasteiger partial charge is 0.123 e. The molecule has 0 amide bonds. The molecule has 0 radical (unpaired) electrons. The summed E-state index contributed by atoms with van der Waals surface area (Å²) in [5.74, 6) is -0.220. The van der Waals surface area contributed by atoms with Gasteiger partial charge < -0.3 is 0 Å². The molecular formula is C15H9Br2FS. The van der Waals surface area contributed by atoms with Crippen LogP contribution >= 0.6 is 43.2 Å². The van der Waals surface area contributed by atoms with Crippen LogP contribution in [0.2, 0.25) is 0 Å². The van der Waals surface area contributed by atoms with Crippen molar-refractivity contribution < 1.29 is 4.39 Å². The van der Waals surface area contributed by atoms with Crippen molar-refractivity contribution in [1.29, 1.82) is 0 Å². The van der Waals surface area contributed by atoms with E-state index in [0.29, 0.717) is 0 Å². The van der Waals surface area contributed by atoms with E-state index in [1.54, 1.807) is 23.5 Å². The highest BCUT2D eigenvalue weighted by Crippen LogP contribution is 2.41. The molecule has 1 unspecified atom stereocenters. The first kappa shape index (κ1) is 13.3. The van der Waals surface area contributed by atoms with Gasteiger partial charge in [-0.3, -0.25) is 0 Å². The zero-order valence-electron chi connectivity index (χ0n) is 9.74. The standard InChI is InChI=1S/C15H9Br2FS/c16-13-6-5-9(18)7-11(13)15(17)12-8-19-14-4-2-1-3-10(12)14/h1-8,15H. The summed E-state index contributed by atoms with van der Waals surface area (Å²) in [5, 5.41) is 3.34. The molecule has 0 saturated heterocycles. The average Bonchev–Trinajstić information content (AvgIpc) is 2.84. The van der Waals surface area contributed by atoms with Gasteiger partial charge in [-0.05, 0) is 46.2 Å². The molecule has 3 rings (SSSR count). The third kappa shape index (κ3) is 2.49. The van der Waals surface area contributed by atoms with Crippen LogP contribution in [0.3, 0.4) is 0 Å². The van der Waals surface area contributed by atoms with Crippen molar-refractivity contribution in [2.45, 2.75) is 4.83 Å². The monoisotopic (exact) mass is 398 g/mol. The molecule has 0 aliphatic heterocycles. The van der Waals surface area contributed by atoms with E-state index in [-0.39, 0.29) is 10.6 Å². The number of benzene rings is 2. The van der Waals surface area contributed by atoms with Crippen molar-refractivity contribution in [3.63, 3.8) is 0 Å². The van der Waals surface area contributed by atoms with E-state index >= 15 is 0 Å². The molecule has 0 N–H and O–H groups in total. The van der Waals surface area contributed by atoms with Crippen LogP contribution in [-0.2, 0) is 0 Å². The number of hydrogen-bond donors (Lipinski definition) is 0. The number of hydrogen-bond acceptors (Lipinski definition) is 1. The molecule has 0 aliphatic rings. The summed E-state index contributed by atoms with van der Waals surface area (Å²) in [6, 6.07) is 13.0. The largest absolute Gasteiger partial charge is 0.207 e. The average molecular weight is 400 g/mol. The molecule has 0 saturated carbocycles. The lowest BCUT2D eigenvalue weighted by atomic mass is 10.0. The Morgan fingerprint density at radius 2 is 1.84 bits per heavy atom. The fourth-order valence-corrected chi connectivity index (χ4v) is 4.77. The van der Waals surface area contributed by atoms with Gasteiger partial charge in [-0.15, -0.1) is 11.3 Å². The second-order valence-electron chi connectivity index (χ2n) is 4.22. The Morgan fingerprint density at radius 1 is 1.05 bits per heavy atom. The normalized spacial score (nSPS) is 12.8. The minimum atomic E-state index is -0.220. The molecule has 4 heteroatoms. The molecule has 1 atom stereocenters. The molecule has 19 heavy (non-hydrogen) atoms. The van der Waals surface area contributed by atoms with Gasteiger partial charge in [0, 0.05) is 9.17 Å². The first-order valence-corrected chi connectivity index (χ1v) is 8.31. The molecular weight excluding hydrogens is 391 g/mol. The summed E-state index contributed by atoms with van der Waals surface area (Å²) in [5.41, 5.74) is 2.08. The van der Waals surface area contributed by atoms with Crippen molar-refractivity contribution in [1.82, 2.24) is 0 Å². The van der Waals surface area contributed by atoms with Crippen LogP contribution in [0.15, 0.2) is 52.3 Å². The van der Waals surface area contributed by atoms with Crippen molar-refractivity contribution >= 4 is 53.3 Å². The summed E-state index contributed by atoms with van der Waals surface area (Å²) < 4.78 is 15.6. The van der Waals surface area contributed by atoms with Gasteiger partial charge in [-0.25, -0.2) is 4.39 Å². The predicted octanol–water partition coefficient (Wildman–Crippen LogP) is 6.29. The number of halogens is 3. The summed E-state index contributed by atoms with van der Waals surface area (Å²) >= 11 is 8.88. The van der Waals surface area contributed by atoms with Crippen molar-refractivity contribution in [2.24, 2.45) is 0 Å². The van der Waals surface area contributed by atoms with Gasteiger partial charge in [0.05, 0.1) is 4.83 Å². The number of fused-ring (bicyclic) bond motifs is 1. The van der Waals surface area contributed by atoms with Gasteiger partial charge in [0.15, 0.2) is 0 Å². The SMILES string of the molecule is Fc1ccc(Br)c(C(Br)c2csc3ccccc23)c1. The zero-order valence-corrected chi connectivity index (χ0v) is 13.7. The lowest BCUT2D eigenvalue weighted by molar-refractivity contribution is 0.625. The van der Waals surface area contributed by atoms with E-state index in [9.17, 15) is 4.39 Å². The predicted molar refractivity (Wildman–Crippen MR) is 86.7 cm³/mol. The molecule has 0 bridgehead atoms. The minimum Gasteiger partial charge on any atom is -0.207 e. The van der Waals surface area contributed by atoms with E-state index in [4.69, 9.17) is 0 Å². The van der Waals surface area contributed by atoms with Crippen LogP contribution in [0.1, 0.15) is 16.0 Å². The highest BCUT2D eigenvalue weighted by atomic mass is 79.9. The fraction of sp³-hybridized carbons (Fsp3) is 0.0667. The van der Waals surface area contributed by atoms with Gasteiger partial charge in [0.2, 0.25) is 0 Å². The van der Waals surface area contributed by atoms with Gasteiger partial charge in [0.1, 0.15) is 5.82 Å². The van der Waals surface area contributed by atoms with Crippen LogP contribution in [0.25, 0.3) is 10.1 Å². The minimum absolute atomic E-state index is 0.0197. The first-order valence-electron chi connectivity index (χ1n) is 5.72.